The molecule has 0 bridgehead atoms. The first-order valence-corrected chi connectivity index (χ1v) is 10.2. The fraction of sp³-hybridized carbons (Fsp3) is 0.115. The number of aromatic nitrogens is 2. The molecule has 2 aromatic heterocycles. The van der Waals surface area contributed by atoms with E-state index in [2.05, 4.69) is 59.3 Å². The van der Waals surface area contributed by atoms with Crippen LogP contribution in [0.2, 0.25) is 0 Å². The molecule has 1 N–H and O–H groups in total. The third-order valence-electron chi connectivity index (χ3n) is 5.33. The van der Waals surface area contributed by atoms with Crippen molar-refractivity contribution in [3.63, 3.8) is 0 Å². The molecule has 0 unspecified atom stereocenters. The number of rotatable bonds is 6. The van der Waals surface area contributed by atoms with E-state index in [9.17, 15) is 0 Å². The van der Waals surface area contributed by atoms with Gasteiger partial charge in [0.05, 0.1) is 11.7 Å². The smallest absolute Gasteiger partial charge is 0.129 e. The lowest BCUT2D eigenvalue weighted by Gasteiger charge is -2.22. The van der Waals surface area contributed by atoms with Crippen LogP contribution < -0.4 is 9.64 Å². The second-order valence-electron chi connectivity index (χ2n) is 7.34. The number of benzene rings is 3. The summed E-state index contributed by atoms with van der Waals surface area (Å²) in [6, 6.07) is 28.7. The molecule has 0 aliphatic heterocycles. The van der Waals surface area contributed by atoms with Crippen LogP contribution >= 0.6 is 0 Å². The molecular formula is C26H23N3O. The molecule has 0 saturated carbocycles. The summed E-state index contributed by atoms with van der Waals surface area (Å²) in [6.07, 6.45) is 1.93. The second kappa shape index (κ2) is 7.91. The van der Waals surface area contributed by atoms with Gasteiger partial charge >= 0.3 is 0 Å². The minimum Gasteiger partial charge on any atom is -0.457 e. The van der Waals surface area contributed by atoms with Crippen molar-refractivity contribution in [3.05, 3.63) is 96.7 Å². The van der Waals surface area contributed by atoms with Crippen LogP contribution in [0, 0.1) is 0 Å². The van der Waals surface area contributed by atoms with Gasteiger partial charge < -0.3 is 14.6 Å². The Balaban J connectivity index is 1.42. The van der Waals surface area contributed by atoms with E-state index in [-0.39, 0.29) is 0 Å². The molecule has 3 aromatic carbocycles. The van der Waals surface area contributed by atoms with Crippen LogP contribution in [0.15, 0.2) is 91.1 Å². The number of anilines is 1. The van der Waals surface area contributed by atoms with E-state index in [1.54, 1.807) is 0 Å². The number of hydrogen-bond donors (Lipinski definition) is 1. The minimum absolute atomic E-state index is 0.767. The quantitative estimate of drug-likeness (QED) is 0.356. The molecule has 4 heteroatoms. The first-order chi connectivity index (χ1) is 14.8. The lowest BCUT2D eigenvalue weighted by Crippen LogP contribution is -2.22. The van der Waals surface area contributed by atoms with Gasteiger partial charge in [0, 0.05) is 29.4 Å². The van der Waals surface area contributed by atoms with Gasteiger partial charge in [-0.15, -0.1) is 0 Å². The Morgan fingerprint density at radius 2 is 1.60 bits per heavy atom. The monoisotopic (exact) mass is 393 g/mol. The molecule has 0 aliphatic rings. The van der Waals surface area contributed by atoms with Gasteiger partial charge in [-0.05, 0) is 48.9 Å². The number of ether oxygens (including phenoxy) is 1. The number of aromatic amines is 1. The predicted molar refractivity (Wildman–Crippen MR) is 123 cm³/mol. The van der Waals surface area contributed by atoms with Crippen LogP contribution in [0.3, 0.4) is 0 Å². The highest BCUT2D eigenvalue weighted by Gasteiger charge is 2.11. The highest BCUT2D eigenvalue weighted by Crippen LogP contribution is 2.28. The minimum atomic E-state index is 0.767. The van der Waals surface area contributed by atoms with Crippen molar-refractivity contribution in [2.75, 3.05) is 11.4 Å². The van der Waals surface area contributed by atoms with Gasteiger partial charge in [0.15, 0.2) is 0 Å². The van der Waals surface area contributed by atoms with E-state index in [0.717, 1.165) is 41.4 Å². The first kappa shape index (κ1) is 18.3. The van der Waals surface area contributed by atoms with Gasteiger partial charge in [0.2, 0.25) is 0 Å². The summed E-state index contributed by atoms with van der Waals surface area (Å²) < 4.78 is 6.00. The number of hydrogen-bond acceptors (Lipinski definition) is 3. The van der Waals surface area contributed by atoms with Crippen LogP contribution in [0.1, 0.15) is 12.5 Å². The van der Waals surface area contributed by atoms with Crippen LogP contribution in [-0.2, 0) is 6.54 Å². The van der Waals surface area contributed by atoms with Crippen molar-refractivity contribution in [1.82, 2.24) is 9.97 Å². The summed E-state index contributed by atoms with van der Waals surface area (Å²) >= 11 is 0. The summed E-state index contributed by atoms with van der Waals surface area (Å²) in [5.74, 6) is 2.66. The van der Waals surface area contributed by atoms with Crippen molar-refractivity contribution in [2.24, 2.45) is 0 Å². The largest absolute Gasteiger partial charge is 0.457 e. The zero-order chi connectivity index (χ0) is 20.3. The Bertz CT molecular complexity index is 1290. The number of fused-ring (bicyclic) bond motifs is 3. The molecule has 0 fully saturated rings. The molecule has 30 heavy (non-hydrogen) atoms. The maximum Gasteiger partial charge on any atom is 0.129 e. The first-order valence-electron chi connectivity index (χ1n) is 10.2. The van der Waals surface area contributed by atoms with E-state index in [1.807, 2.05) is 48.7 Å². The summed E-state index contributed by atoms with van der Waals surface area (Å²) in [5.41, 5.74) is 3.39. The van der Waals surface area contributed by atoms with Gasteiger partial charge in [-0.3, -0.25) is 0 Å². The number of nitrogens with zero attached hydrogens (tertiary/aromatic N) is 2. The summed E-state index contributed by atoms with van der Waals surface area (Å²) in [7, 11) is 0. The molecule has 0 spiro atoms. The van der Waals surface area contributed by atoms with Gasteiger partial charge in [-0.1, -0.05) is 48.5 Å². The van der Waals surface area contributed by atoms with Crippen LogP contribution in [0.4, 0.5) is 5.82 Å². The third kappa shape index (κ3) is 3.60. The molecule has 0 amide bonds. The molecule has 5 rings (SSSR count). The van der Waals surface area contributed by atoms with Crippen LogP contribution in [-0.4, -0.2) is 16.5 Å². The summed E-state index contributed by atoms with van der Waals surface area (Å²) in [6.45, 7) is 3.79. The number of pyridine rings is 1. The highest BCUT2D eigenvalue weighted by atomic mass is 16.5. The molecule has 5 aromatic rings. The molecule has 2 heterocycles. The van der Waals surface area contributed by atoms with Crippen LogP contribution in [0.5, 0.6) is 11.5 Å². The Morgan fingerprint density at radius 3 is 2.47 bits per heavy atom. The Hall–Kier alpha value is -3.79. The van der Waals surface area contributed by atoms with Crippen molar-refractivity contribution in [2.45, 2.75) is 13.5 Å². The van der Waals surface area contributed by atoms with E-state index in [1.165, 1.54) is 16.3 Å². The molecular weight excluding hydrogens is 370 g/mol. The average Bonchev–Trinajstić information content (AvgIpc) is 3.16. The van der Waals surface area contributed by atoms with Crippen molar-refractivity contribution in [1.29, 1.82) is 0 Å². The van der Waals surface area contributed by atoms with Gasteiger partial charge in [-0.2, -0.15) is 0 Å². The zero-order valence-corrected chi connectivity index (χ0v) is 16.9. The molecule has 0 atom stereocenters. The molecule has 0 saturated heterocycles. The van der Waals surface area contributed by atoms with Gasteiger partial charge in [-0.25, -0.2) is 4.98 Å². The van der Waals surface area contributed by atoms with Crippen molar-refractivity contribution >= 4 is 27.6 Å². The topological polar surface area (TPSA) is 41.1 Å². The molecule has 0 radical (unpaired) electrons. The van der Waals surface area contributed by atoms with Crippen molar-refractivity contribution < 1.29 is 4.74 Å². The summed E-state index contributed by atoms with van der Waals surface area (Å²) in [4.78, 5) is 10.4. The van der Waals surface area contributed by atoms with E-state index >= 15 is 0 Å². The molecule has 0 aliphatic carbocycles. The lowest BCUT2D eigenvalue weighted by atomic mass is 10.1. The van der Waals surface area contributed by atoms with E-state index in [4.69, 9.17) is 9.72 Å². The lowest BCUT2D eigenvalue weighted by molar-refractivity contribution is 0.482. The van der Waals surface area contributed by atoms with Crippen LogP contribution in [0.25, 0.3) is 21.8 Å². The number of nitrogens with one attached hydrogen (secondary N) is 1. The second-order valence-corrected chi connectivity index (χ2v) is 7.34. The highest BCUT2D eigenvalue weighted by molar-refractivity contribution is 6.07. The van der Waals surface area contributed by atoms with Gasteiger partial charge in [0.25, 0.3) is 0 Å². The van der Waals surface area contributed by atoms with E-state index < -0.39 is 0 Å². The fourth-order valence-electron chi connectivity index (χ4n) is 3.82. The Labute approximate surface area is 175 Å². The SMILES string of the molecule is CCN(Cc1cccc(Oc2ccccc2)c1)c1cc2c(cn1)[nH]c1ccccc12. The third-order valence-corrected chi connectivity index (χ3v) is 5.33. The average molecular weight is 393 g/mol. The standard InChI is InChI=1S/C26H23N3O/c1-2-29(18-19-9-8-12-21(15-19)30-20-10-4-3-5-11-20)26-16-23-22-13-6-7-14-24(22)28-25(23)17-27-26/h3-17,28H,2,18H2,1H3. The predicted octanol–water partition coefficient (Wildman–Crippen LogP) is 6.53. The maximum atomic E-state index is 6.00. The zero-order valence-electron chi connectivity index (χ0n) is 16.9. The molecule has 148 valence electrons. The normalized spacial score (nSPS) is 11.1. The number of para-hydroxylation sites is 2. The van der Waals surface area contributed by atoms with Gasteiger partial charge in [0.1, 0.15) is 17.3 Å². The van der Waals surface area contributed by atoms with Crippen molar-refractivity contribution in [3.8, 4) is 11.5 Å². The Morgan fingerprint density at radius 1 is 0.800 bits per heavy atom. The van der Waals surface area contributed by atoms with E-state index in [0.29, 0.717) is 0 Å². The maximum absolute atomic E-state index is 6.00. The molecule has 4 nitrogen and oxygen atoms in total. The summed E-state index contributed by atoms with van der Waals surface area (Å²) in [5, 5.41) is 2.43. The fourth-order valence-corrected chi connectivity index (χ4v) is 3.82. The number of H-pyrrole nitrogens is 1. The Kier molecular flexibility index (Phi) is 4.81.